The molecule has 19 heavy (non-hydrogen) atoms. The first-order valence-electron chi connectivity index (χ1n) is 7.20. The number of nitrogens with zero attached hydrogens (tertiary/aromatic N) is 2. The molecule has 1 saturated heterocycles. The molecular weight excluding hydrogens is 260 g/mol. The molecule has 0 amide bonds. The highest BCUT2D eigenvalue weighted by Gasteiger charge is 2.31. The minimum atomic E-state index is -0.743. The van der Waals surface area contributed by atoms with E-state index in [2.05, 4.69) is 4.90 Å². The van der Waals surface area contributed by atoms with Crippen molar-refractivity contribution in [2.45, 2.75) is 50.9 Å². The van der Waals surface area contributed by atoms with Gasteiger partial charge in [0, 0.05) is 23.9 Å². The number of thiazole rings is 1. The smallest absolute Gasteiger partial charge is 0.308 e. The van der Waals surface area contributed by atoms with Gasteiger partial charge in [0.05, 0.1) is 12.1 Å². The summed E-state index contributed by atoms with van der Waals surface area (Å²) in [5, 5.41) is 10.1. The van der Waals surface area contributed by atoms with Gasteiger partial charge in [0.2, 0.25) is 0 Å². The van der Waals surface area contributed by atoms with Crippen molar-refractivity contribution < 1.29 is 9.90 Å². The van der Waals surface area contributed by atoms with E-state index in [1.165, 1.54) is 38.5 Å². The van der Waals surface area contributed by atoms with Crippen molar-refractivity contribution in [2.75, 3.05) is 18.0 Å². The topological polar surface area (TPSA) is 53.4 Å². The van der Waals surface area contributed by atoms with Gasteiger partial charge >= 0.3 is 5.97 Å². The number of rotatable bonds is 4. The standard InChI is InChI=1S/C14H20N2O2S/c17-12(18)9-11-13(10-5-6-10)15-14(19-11)16-7-3-1-2-4-8-16/h10H,1-9H2,(H,17,18). The second kappa shape index (κ2) is 5.49. The fourth-order valence-corrected chi connectivity index (χ4v) is 3.88. The van der Waals surface area contributed by atoms with E-state index in [9.17, 15) is 4.79 Å². The van der Waals surface area contributed by atoms with Crippen LogP contribution in [0.25, 0.3) is 0 Å². The highest BCUT2D eigenvalue weighted by molar-refractivity contribution is 7.15. The third kappa shape index (κ3) is 3.08. The molecule has 1 aromatic rings. The van der Waals surface area contributed by atoms with E-state index in [1.807, 2.05) is 0 Å². The zero-order chi connectivity index (χ0) is 13.2. The van der Waals surface area contributed by atoms with E-state index in [0.29, 0.717) is 5.92 Å². The van der Waals surface area contributed by atoms with E-state index < -0.39 is 5.97 Å². The van der Waals surface area contributed by atoms with Crippen LogP contribution in [-0.4, -0.2) is 29.1 Å². The van der Waals surface area contributed by atoms with Gasteiger partial charge < -0.3 is 10.0 Å². The van der Waals surface area contributed by atoms with E-state index >= 15 is 0 Å². The van der Waals surface area contributed by atoms with Gasteiger partial charge in [-0.3, -0.25) is 4.79 Å². The lowest BCUT2D eigenvalue weighted by molar-refractivity contribution is -0.136. The second-order valence-electron chi connectivity index (χ2n) is 5.55. The summed E-state index contributed by atoms with van der Waals surface area (Å²) >= 11 is 1.61. The molecule has 2 fully saturated rings. The van der Waals surface area contributed by atoms with Crippen molar-refractivity contribution in [1.82, 2.24) is 4.98 Å². The van der Waals surface area contributed by atoms with Crippen molar-refractivity contribution in [2.24, 2.45) is 0 Å². The Hall–Kier alpha value is -1.10. The Morgan fingerprint density at radius 3 is 2.53 bits per heavy atom. The lowest BCUT2D eigenvalue weighted by atomic mass is 10.2. The number of carbonyl (C=O) groups is 1. The molecular formula is C14H20N2O2S. The van der Waals surface area contributed by atoms with Crippen LogP contribution in [0, 0.1) is 0 Å². The van der Waals surface area contributed by atoms with Crippen LogP contribution >= 0.6 is 11.3 Å². The van der Waals surface area contributed by atoms with Crippen LogP contribution in [0.2, 0.25) is 0 Å². The van der Waals surface area contributed by atoms with Crippen LogP contribution in [0.15, 0.2) is 0 Å². The lowest BCUT2D eigenvalue weighted by Crippen LogP contribution is -2.23. The molecule has 1 N–H and O–H groups in total. The highest BCUT2D eigenvalue weighted by atomic mass is 32.1. The number of aromatic nitrogens is 1. The molecule has 0 bridgehead atoms. The van der Waals surface area contributed by atoms with Gasteiger partial charge in [0.15, 0.2) is 5.13 Å². The largest absolute Gasteiger partial charge is 0.481 e. The first-order valence-corrected chi connectivity index (χ1v) is 8.02. The van der Waals surface area contributed by atoms with Crippen molar-refractivity contribution in [3.8, 4) is 0 Å². The number of carboxylic acid groups (broad SMARTS) is 1. The summed E-state index contributed by atoms with van der Waals surface area (Å²) in [6, 6.07) is 0. The third-order valence-corrected chi connectivity index (χ3v) is 5.00. The Kier molecular flexibility index (Phi) is 3.73. The zero-order valence-electron chi connectivity index (χ0n) is 11.1. The third-order valence-electron chi connectivity index (χ3n) is 3.87. The fourth-order valence-electron chi connectivity index (χ4n) is 2.69. The summed E-state index contributed by atoms with van der Waals surface area (Å²) in [5.74, 6) is -0.209. The molecule has 4 nitrogen and oxygen atoms in total. The van der Waals surface area contributed by atoms with E-state index in [1.54, 1.807) is 11.3 Å². The molecule has 0 unspecified atom stereocenters. The first kappa shape index (κ1) is 12.9. The van der Waals surface area contributed by atoms with Gasteiger partial charge in [0.25, 0.3) is 0 Å². The Labute approximate surface area is 117 Å². The number of hydrogen-bond acceptors (Lipinski definition) is 4. The molecule has 5 heteroatoms. The van der Waals surface area contributed by atoms with Crippen molar-refractivity contribution >= 4 is 22.4 Å². The van der Waals surface area contributed by atoms with Crippen LogP contribution in [0.5, 0.6) is 0 Å². The Morgan fingerprint density at radius 2 is 1.95 bits per heavy atom. The molecule has 3 rings (SSSR count). The number of anilines is 1. The Bertz CT molecular complexity index is 460. The lowest BCUT2D eigenvalue weighted by Gasteiger charge is -2.18. The van der Waals surface area contributed by atoms with Crippen LogP contribution in [0.4, 0.5) is 5.13 Å². The summed E-state index contributed by atoms with van der Waals surface area (Å²) in [6.07, 6.45) is 7.56. The van der Waals surface area contributed by atoms with Gasteiger partial charge in [-0.15, -0.1) is 11.3 Å². The van der Waals surface area contributed by atoms with E-state index in [-0.39, 0.29) is 6.42 Å². The van der Waals surface area contributed by atoms with Crippen molar-refractivity contribution in [1.29, 1.82) is 0 Å². The van der Waals surface area contributed by atoms with Gasteiger partial charge in [-0.05, 0) is 25.7 Å². The maximum absolute atomic E-state index is 11.0. The normalized spacial score (nSPS) is 20.3. The van der Waals surface area contributed by atoms with Crippen LogP contribution in [0.3, 0.4) is 0 Å². The SMILES string of the molecule is O=C(O)Cc1sc(N2CCCCCC2)nc1C1CC1. The molecule has 0 spiro atoms. The van der Waals surface area contributed by atoms with Gasteiger partial charge in [-0.25, -0.2) is 4.98 Å². The van der Waals surface area contributed by atoms with Crippen LogP contribution < -0.4 is 4.90 Å². The van der Waals surface area contributed by atoms with Crippen molar-refractivity contribution in [3.63, 3.8) is 0 Å². The summed E-state index contributed by atoms with van der Waals surface area (Å²) in [4.78, 5) is 19.1. The molecule has 1 aliphatic carbocycles. The molecule has 1 aliphatic heterocycles. The van der Waals surface area contributed by atoms with Crippen LogP contribution in [-0.2, 0) is 11.2 Å². The van der Waals surface area contributed by atoms with Gasteiger partial charge in [-0.1, -0.05) is 12.8 Å². The maximum Gasteiger partial charge on any atom is 0.308 e. The molecule has 2 aliphatic rings. The Balaban J connectivity index is 1.82. The molecule has 2 heterocycles. The summed E-state index contributed by atoms with van der Waals surface area (Å²) in [6.45, 7) is 2.15. The number of hydrogen-bond donors (Lipinski definition) is 1. The monoisotopic (exact) mass is 280 g/mol. The number of carboxylic acids is 1. The summed E-state index contributed by atoms with van der Waals surface area (Å²) in [7, 11) is 0. The quantitative estimate of drug-likeness (QED) is 0.921. The van der Waals surface area contributed by atoms with Gasteiger partial charge in [-0.2, -0.15) is 0 Å². The fraction of sp³-hybridized carbons (Fsp3) is 0.714. The average Bonchev–Trinajstić information content (AvgIpc) is 3.17. The minimum absolute atomic E-state index is 0.136. The summed E-state index contributed by atoms with van der Waals surface area (Å²) in [5.41, 5.74) is 1.08. The molecule has 1 saturated carbocycles. The van der Waals surface area contributed by atoms with E-state index in [4.69, 9.17) is 10.1 Å². The maximum atomic E-state index is 11.0. The molecule has 1 aromatic heterocycles. The Morgan fingerprint density at radius 1 is 1.26 bits per heavy atom. The second-order valence-corrected chi connectivity index (χ2v) is 6.61. The average molecular weight is 280 g/mol. The molecule has 0 atom stereocenters. The molecule has 0 aromatic carbocycles. The molecule has 104 valence electrons. The first-order chi connectivity index (χ1) is 9.24. The zero-order valence-corrected chi connectivity index (χ0v) is 11.9. The molecule has 0 radical (unpaired) electrons. The van der Waals surface area contributed by atoms with E-state index in [0.717, 1.165) is 28.8 Å². The minimum Gasteiger partial charge on any atom is -0.481 e. The number of aliphatic carboxylic acids is 1. The predicted octanol–water partition coefficient (Wildman–Crippen LogP) is 3.03. The summed E-state index contributed by atoms with van der Waals surface area (Å²) < 4.78 is 0. The highest BCUT2D eigenvalue weighted by Crippen LogP contribution is 2.44. The van der Waals surface area contributed by atoms with Crippen LogP contribution in [0.1, 0.15) is 55.0 Å². The van der Waals surface area contributed by atoms with Crippen molar-refractivity contribution in [3.05, 3.63) is 10.6 Å². The van der Waals surface area contributed by atoms with Gasteiger partial charge in [0.1, 0.15) is 0 Å². The predicted molar refractivity (Wildman–Crippen MR) is 76.1 cm³/mol.